The largest absolute Gasteiger partial charge is 0.534 e. The molecular weight excluding hydrogens is 521 g/mol. The van der Waals surface area contributed by atoms with Gasteiger partial charge in [-0.25, -0.2) is 0 Å². The van der Waals surface area contributed by atoms with Crippen molar-refractivity contribution in [2.45, 2.75) is 12.4 Å². The van der Waals surface area contributed by atoms with Crippen LogP contribution in [0.3, 0.4) is 0 Å². The van der Waals surface area contributed by atoms with E-state index in [2.05, 4.69) is 64.8 Å². The fourth-order valence-electron chi connectivity index (χ4n) is 4.35. The molecule has 0 saturated carbocycles. The lowest BCUT2D eigenvalue weighted by molar-refractivity contribution is -0.0519. The van der Waals surface area contributed by atoms with Gasteiger partial charge in [-0.15, -0.1) is 0 Å². The van der Waals surface area contributed by atoms with Crippen molar-refractivity contribution in [2.24, 2.45) is 0 Å². The number of alkyl halides is 3. The molecule has 0 aliphatic carbocycles. The molecule has 5 aromatic rings. The van der Waals surface area contributed by atoms with Crippen LogP contribution in [0.2, 0.25) is 0 Å². The number of benzene rings is 5. The van der Waals surface area contributed by atoms with Gasteiger partial charge < -0.3 is 4.18 Å². The SMILES string of the molecule is C/C=C\C(=C/c1ccc(-c2ccc3cc(-c4ccc5ccccc5c4)ccc3c2)cc1)OS(=O)(=O)C(F)(F)F. The number of fused-ring (bicyclic) bond motifs is 2. The summed E-state index contributed by atoms with van der Waals surface area (Å²) in [5.74, 6) is -0.435. The Bertz CT molecular complexity index is 1840. The maximum Gasteiger partial charge on any atom is 0.534 e. The van der Waals surface area contributed by atoms with Crippen LogP contribution in [-0.4, -0.2) is 13.9 Å². The first-order valence-electron chi connectivity index (χ1n) is 12.1. The Kier molecular flexibility index (Phi) is 7.02. The molecule has 0 aliphatic rings. The van der Waals surface area contributed by atoms with Gasteiger partial charge in [0.25, 0.3) is 0 Å². The Morgan fingerprint density at radius 1 is 0.667 bits per heavy atom. The van der Waals surface area contributed by atoms with Gasteiger partial charge in [0, 0.05) is 0 Å². The van der Waals surface area contributed by atoms with E-state index < -0.39 is 21.4 Å². The van der Waals surface area contributed by atoms with Crippen LogP contribution in [0.4, 0.5) is 13.2 Å². The number of hydrogen-bond donors (Lipinski definition) is 0. The molecule has 5 rings (SSSR count). The highest BCUT2D eigenvalue weighted by Crippen LogP contribution is 2.31. The third-order valence-corrected chi connectivity index (χ3v) is 7.28. The van der Waals surface area contributed by atoms with Crippen molar-refractivity contribution in [1.82, 2.24) is 0 Å². The highest BCUT2D eigenvalue weighted by atomic mass is 32.2. The van der Waals surface area contributed by atoms with Crippen molar-refractivity contribution in [2.75, 3.05) is 0 Å². The van der Waals surface area contributed by atoms with Crippen molar-refractivity contribution >= 4 is 37.7 Å². The molecule has 0 saturated heterocycles. The summed E-state index contributed by atoms with van der Waals surface area (Å²) >= 11 is 0. The van der Waals surface area contributed by atoms with E-state index >= 15 is 0 Å². The van der Waals surface area contributed by atoms with Crippen molar-refractivity contribution < 1.29 is 25.8 Å². The molecule has 0 N–H and O–H groups in total. The van der Waals surface area contributed by atoms with E-state index in [0.717, 1.165) is 39.1 Å². The summed E-state index contributed by atoms with van der Waals surface area (Å²) in [7, 11) is -5.76. The minimum absolute atomic E-state index is 0.435. The minimum atomic E-state index is -5.76. The first kappa shape index (κ1) is 26.3. The predicted octanol–water partition coefficient (Wildman–Crippen LogP) is 9.11. The summed E-state index contributed by atoms with van der Waals surface area (Å²) in [4.78, 5) is 0. The van der Waals surface area contributed by atoms with Gasteiger partial charge in [0.1, 0.15) is 5.76 Å². The normalized spacial score (nSPS) is 12.9. The zero-order valence-electron chi connectivity index (χ0n) is 20.8. The first-order valence-corrected chi connectivity index (χ1v) is 13.5. The van der Waals surface area contributed by atoms with Crippen LogP contribution < -0.4 is 0 Å². The van der Waals surface area contributed by atoms with Gasteiger partial charge in [-0.3, -0.25) is 0 Å². The fourth-order valence-corrected chi connectivity index (χ4v) is 4.80. The molecule has 0 atom stereocenters. The van der Waals surface area contributed by atoms with Gasteiger partial charge in [-0.1, -0.05) is 91.0 Å². The summed E-state index contributed by atoms with van der Waals surface area (Å²) in [6.07, 6.45) is 3.79. The fraction of sp³-hybridized carbons (Fsp3) is 0.0625. The summed E-state index contributed by atoms with van der Waals surface area (Å²) in [5, 5.41) is 4.56. The van der Waals surface area contributed by atoms with E-state index in [4.69, 9.17) is 0 Å². The topological polar surface area (TPSA) is 43.4 Å². The number of halogens is 3. The average molecular weight is 545 g/mol. The Morgan fingerprint density at radius 3 is 1.67 bits per heavy atom. The van der Waals surface area contributed by atoms with Crippen molar-refractivity contribution in [3.63, 3.8) is 0 Å². The van der Waals surface area contributed by atoms with Crippen LogP contribution in [0.25, 0.3) is 49.9 Å². The van der Waals surface area contributed by atoms with Crippen LogP contribution in [-0.2, 0) is 14.3 Å². The Labute approximate surface area is 224 Å². The van der Waals surface area contributed by atoms with Crippen molar-refractivity contribution in [3.8, 4) is 22.3 Å². The molecule has 196 valence electrons. The van der Waals surface area contributed by atoms with Gasteiger partial charge in [-0.2, -0.15) is 21.6 Å². The Morgan fingerprint density at radius 2 is 1.13 bits per heavy atom. The molecular formula is C32H23F3O3S. The summed E-state index contributed by atoms with van der Waals surface area (Å²) in [6, 6.07) is 34.2. The highest BCUT2D eigenvalue weighted by molar-refractivity contribution is 7.87. The van der Waals surface area contributed by atoms with Crippen LogP contribution in [0.1, 0.15) is 12.5 Å². The van der Waals surface area contributed by atoms with Gasteiger partial charge in [0.15, 0.2) is 0 Å². The molecule has 0 radical (unpaired) electrons. The molecule has 7 heteroatoms. The summed E-state index contributed by atoms with van der Waals surface area (Å²) in [6.45, 7) is 1.55. The summed E-state index contributed by atoms with van der Waals surface area (Å²) < 4.78 is 65.3. The zero-order valence-corrected chi connectivity index (χ0v) is 21.6. The molecule has 0 fully saturated rings. The quantitative estimate of drug-likeness (QED) is 0.0927. The van der Waals surface area contributed by atoms with E-state index in [1.165, 1.54) is 22.9 Å². The van der Waals surface area contributed by atoms with Crippen LogP contribution in [0.5, 0.6) is 0 Å². The lowest BCUT2D eigenvalue weighted by Gasteiger charge is -2.10. The molecule has 0 amide bonds. The van der Waals surface area contributed by atoms with E-state index in [9.17, 15) is 21.6 Å². The van der Waals surface area contributed by atoms with Gasteiger partial charge >= 0.3 is 15.6 Å². The molecule has 39 heavy (non-hydrogen) atoms. The number of allylic oxidation sites excluding steroid dienone is 2. The lowest BCUT2D eigenvalue weighted by Crippen LogP contribution is -2.25. The highest BCUT2D eigenvalue weighted by Gasteiger charge is 2.48. The maximum atomic E-state index is 12.7. The van der Waals surface area contributed by atoms with Crippen LogP contribution in [0, 0.1) is 0 Å². The molecule has 0 heterocycles. The Hall–Kier alpha value is -4.36. The second-order valence-corrected chi connectivity index (χ2v) is 10.5. The molecule has 0 unspecified atom stereocenters. The molecule has 5 aromatic carbocycles. The van der Waals surface area contributed by atoms with Gasteiger partial charge in [0.2, 0.25) is 0 Å². The summed E-state index contributed by atoms with van der Waals surface area (Å²) in [5.41, 5.74) is -0.865. The third kappa shape index (κ3) is 5.73. The molecule has 3 nitrogen and oxygen atoms in total. The first-order chi connectivity index (χ1) is 18.6. The lowest BCUT2D eigenvalue weighted by atomic mass is 9.96. The predicted molar refractivity (Wildman–Crippen MR) is 151 cm³/mol. The number of rotatable bonds is 6. The van der Waals surface area contributed by atoms with Gasteiger partial charge in [0.05, 0.1) is 0 Å². The second-order valence-electron chi connectivity index (χ2n) is 8.99. The molecule has 0 spiro atoms. The minimum Gasteiger partial charge on any atom is -0.376 e. The molecule has 0 aromatic heterocycles. The van der Waals surface area contributed by atoms with E-state index in [1.807, 2.05) is 30.3 Å². The molecule has 0 aliphatic heterocycles. The molecule has 0 bridgehead atoms. The Balaban J connectivity index is 1.40. The van der Waals surface area contributed by atoms with E-state index in [-0.39, 0.29) is 0 Å². The third-order valence-electron chi connectivity index (χ3n) is 6.30. The van der Waals surface area contributed by atoms with Crippen LogP contribution in [0.15, 0.2) is 121 Å². The smallest absolute Gasteiger partial charge is 0.376 e. The number of hydrogen-bond acceptors (Lipinski definition) is 3. The average Bonchev–Trinajstić information content (AvgIpc) is 2.92. The van der Waals surface area contributed by atoms with Crippen molar-refractivity contribution in [3.05, 3.63) is 127 Å². The maximum absolute atomic E-state index is 12.7. The van der Waals surface area contributed by atoms with Crippen LogP contribution >= 0.6 is 0 Å². The zero-order chi connectivity index (χ0) is 27.6. The standard InChI is InChI=1S/C32H23F3O3S/c1-2-5-31(38-39(36,37)32(33,34)35)18-22-8-10-24(11-9-22)26-14-15-29-21-30(17-16-28(29)20-26)27-13-12-23-6-3-4-7-25(23)19-27/h2-21H,1H3/b5-2-,31-18+. The second kappa shape index (κ2) is 10.4. The van der Waals surface area contributed by atoms with Crippen molar-refractivity contribution in [1.29, 1.82) is 0 Å². The monoisotopic (exact) mass is 544 g/mol. The van der Waals surface area contributed by atoms with E-state index in [0.29, 0.717) is 5.56 Å². The van der Waals surface area contributed by atoms with E-state index in [1.54, 1.807) is 19.1 Å². The van der Waals surface area contributed by atoms with Gasteiger partial charge in [-0.05, 0) is 86.6 Å².